The van der Waals surface area contributed by atoms with E-state index >= 15 is 0 Å². The number of ether oxygens (including phenoxy) is 1. The first-order valence-electron chi connectivity index (χ1n) is 5.84. The molecule has 0 radical (unpaired) electrons. The van der Waals surface area contributed by atoms with Crippen molar-refractivity contribution in [1.82, 2.24) is 9.78 Å². The standard InChI is InChI=1S/C12H18N2O2/c1-3-14-7-10(6-13-14)5-12(15)11-4-9(2)16-8-11/h6-7,9,11H,3-5,8H2,1-2H3. The van der Waals surface area contributed by atoms with Crippen molar-refractivity contribution < 1.29 is 9.53 Å². The number of nitrogens with zero attached hydrogens (tertiary/aromatic N) is 2. The van der Waals surface area contributed by atoms with Gasteiger partial charge in [0.2, 0.25) is 0 Å². The average Bonchev–Trinajstić information content (AvgIpc) is 2.87. The minimum absolute atomic E-state index is 0.0833. The second-order valence-electron chi connectivity index (χ2n) is 4.42. The number of hydrogen-bond acceptors (Lipinski definition) is 3. The molecule has 1 aromatic heterocycles. The number of rotatable bonds is 4. The summed E-state index contributed by atoms with van der Waals surface area (Å²) in [6.45, 7) is 5.48. The highest BCUT2D eigenvalue weighted by molar-refractivity contribution is 5.83. The molecule has 0 aliphatic carbocycles. The van der Waals surface area contributed by atoms with E-state index in [9.17, 15) is 4.79 Å². The quantitative estimate of drug-likeness (QED) is 0.774. The van der Waals surface area contributed by atoms with Crippen molar-refractivity contribution in [2.75, 3.05) is 6.61 Å². The lowest BCUT2D eigenvalue weighted by Gasteiger charge is -2.04. The van der Waals surface area contributed by atoms with Crippen LogP contribution < -0.4 is 0 Å². The van der Waals surface area contributed by atoms with Crippen LogP contribution in [0.3, 0.4) is 0 Å². The van der Waals surface area contributed by atoms with Gasteiger partial charge in [-0.25, -0.2) is 0 Å². The number of hydrogen-bond donors (Lipinski definition) is 0. The highest BCUT2D eigenvalue weighted by Gasteiger charge is 2.28. The molecule has 2 rings (SSSR count). The summed E-state index contributed by atoms with van der Waals surface area (Å²) in [7, 11) is 0. The maximum atomic E-state index is 11.9. The number of aryl methyl sites for hydroxylation is 1. The van der Waals surface area contributed by atoms with Crippen molar-refractivity contribution in [3.63, 3.8) is 0 Å². The lowest BCUT2D eigenvalue weighted by Crippen LogP contribution is -2.16. The Labute approximate surface area is 95.6 Å². The second-order valence-corrected chi connectivity index (χ2v) is 4.42. The van der Waals surface area contributed by atoms with Crippen LogP contribution in [0.2, 0.25) is 0 Å². The van der Waals surface area contributed by atoms with Gasteiger partial charge in [-0.1, -0.05) is 0 Å². The van der Waals surface area contributed by atoms with Crippen LogP contribution in [0.15, 0.2) is 12.4 Å². The molecule has 2 atom stereocenters. The molecule has 1 fully saturated rings. The number of carbonyl (C=O) groups excluding carboxylic acids is 1. The molecule has 1 saturated heterocycles. The Bertz CT molecular complexity index is 373. The molecule has 88 valence electrons. The van der Waals surface area contributed by atoms with E-state index in [0.29, 0.717) is 13.0 Å². The molecule has 2 heterocycles. The first-order chi connectivity index (χ1) is 7.69. The van der Waals surface area contributed by atoms with Crippen LogP contribution in [-0.4, -0.2) is 28.3 Å². The van der Waals surface area contributed by atoms with Crippen LogP contribution >= 0.6 is 0 Å². The highest BCUT2D eigenvalue weighted by atomic mass is 16.5. The molecule has 1 aromatic rings. The maximum absolute atomic E-state index is 11.9. The topological polar surface area (TPSA) is 44.1 Å². The van der Waals surface area contributed by atoms with E-state index in [-0.39, 0.29) is 17.8 Å². The summed E-state index contributed by atoms with van der Waals surface area (Å²) in [5, 5.41) is 4.16. The Balaban J connectivity index is 1.91. The Hall–Kier alpha value is -1.16. The third-order valence-electron chi connectivity index (χ3n) is 3.04. The zero-order valence-electron chi connectivity index (χ0n) is 9.85. The Morgan fingerprint density at radius 2 is 2.50 bits per heavy atom. The molecule has 1 aliphatic rings. The van der Waals surface area contributed by atoms with Crippen LogP contribution in [0, 0.1) is 5.92 Å². The molecule has 0 saturated carbocycles. The molecule has 0 amide bonds. The van der Waals surface area contributed by atoms with Gasteiger partial charge in [0.25, 0.3) is 0 Å². The largest absolute Gasteiger partial charge is 0.378 e. The average molecular weight is 222 g/mol. The fourth-order valence-electron chi connectivity index (χ4n) is 2.06. The Kier molecular flexibility index (Phi) is 3.39. The smallest absolute Gasteiger partial charge is 0.142 e. The predicted molar refractivity (Wildman–Crippen MR) is 60.1 cm³/mol. The van der Waals surface area contributed by atoms with Crippen LogP contribution in [0.5, 0.6) is 0 Å². The first kappa shape index (κ1) is 11.3. The lowest BCUT2D eigenvalue weighted by molar-refractivity contribution is -0.122. The third-order valence-corrected chi connectivity index (χ3v) is 3.04. The van der Waals surface area contributed by atoms with Crippen molar-refractivity contribution in [3.05, 3.63) is 18.0 Å². The van der Waals surface area contributed by atoms with Gasteiger partial charge in [0.15, 0.2) is 0 Å². The van der Waals surface area contributed by atoms with E-state index in [2.05, 4.69) is 5.10 Å². The molecule has 4 heteroatoms. The molecular weight excluding hydrogens is 204 g/mol. The summed E-state index contributed by atoms with van der Waals surface area (Å²) in [4.78, 5) is 11.9. The number of Topliss-reactive ketones (excluding diaryl/α,β-unsaturated/α-hetero) is 1. The highest BCUT2D eigenvalue weighted by Crippen LogP contribution is 2.21. The van der Waals surface area contributed by atoms with E-state index in [1.807, 2.05) is 24.7 Å². The van der Waals surface area contributed by atoms with Crippen LogP contribution in [-0.2, 0) is 22.5 Å². The summed E-state index contributed by atoms with van der Waals surface area (Å²) >= 11 is 0. The van der Waals surface area contributed by atoms with Crippen molar-refractivity contribution in [2.45, 2.75) is 39.3 Å². The van der Waals surface area contributed by atoms with Gasteiger partial charge in [-0.15, -0.1) is 0 Å². The Morgan fingerprint density at radius 1 is 1.69 bits per heavy atom. The van der Waals surface area contributed by atoms with Gasteiger partial charge in [-0.05, 0) is 25.8 Å². The van der Waals surface area contributed by atoms with Crippen molar-refractivity contribution in [3.8, 4) is 0 Å². The van der Waals surface area contributed by atoms with E-state index in [0.717, 1.165) is 18.5 Å². The number of aromatic nitrogens is 2. The predicted octanol–water partition coefficient (Wildman–Crippen LogP) is 1.44. The number of carbonyl (C=O) groups is 1. The zero-order valence-corrected chi connectivity index (χ0v) is 9.85. The van der Waals surface area contributed by atoms with Crippen molar-refractivity contribution >= 4 is 5.78 Å². The van der Waals surface area contributed by atoms with E-state index < -0.39 is 0 Å². The van der Waals surface area contributed by atoms with Crippen LogP contribution in [0.4, 0.5) is 0 Å². The fraction of sp³-hybridized carbons (Fsp3) is 0.667. The maximum Gasteiger partial charge on any atom is 0.142 e. The summed E-state index contributed by atoms with van der Waals surface area (Å²) < 4.78 is 7.25. The molecule has 0 spiro atoms. The van der Waals surface area contributed by atoms with Crippen molar-refractivity contribution in [1.29, 1.82) is 0 Å². The zero-order chi connectivity index (χ0) is 11.5. The summed E-state index contributed by atoms with van der Waals surface area (Å²) in [5.41, 5.74) is 1.01. The molecule has 16 heavy (non-hydrogen) atoms. The van der Waals surface area contributed by atoms with Crippen LogP contribution in [0.1, 0.15) is 25.8 Å². The molecule has 0 bridgehead atoms. The minimum Gasteiger partial charge on any atom is -0.378 e. The summed E-state index contributed by atoms with van der Waals surface area (Å²) in [5.74, 6) is 0.361. The molecule has 1 aliphatic heterocycles. The monoisotopic (exact) mass is 222 g/mol. The minimum atomic E-state index is 0.0833. The normalized spacial score (nSPS) is 24.9. The second kappa shape index (κ2) is 4.78. The molecular formula is C12H18N2O2. The van der Waals surface area contributed by atoms with E-state index in [4.69, 9.17) is 4.74 Å². The van der Waals surface area contributed by atoms with Gasteiger partial charge in [-0.2, -0.15) is 5.10 Å². The van der Waals surface area contributed by atoms with Gasteiger partial charge in [0, 0.05) is 25.1 Å². The van der Waals surface area contributed by atoms with Crippen molar-refractivity contribution in [2.24, 2.45) is 5.92 Å². The molecule has 0 N–H and O–H groups in total. The summed E-state index contributed by atoms with van der Waals surface area (Å²) in [6.07, 6.45) is 5.30. The van der Waals surface area contributed by atoms with Gasteiger partial charge in [0.05, 0.1) is 18.9 Å². The van der Waals surface area contributed by atoms with Gasteiger partial charge in [0.1, 0.15) is 5.78 Å². The summed E-state index contributed by atoms with van der Waals surface area (Å²) in [6, 6.07) is 0. The van der Waals surface area contributed by atoms with Crippen LogP contribution in [0.25, 0.3) is 0 Å². The van der Waals surface area contributed by atoms with Gasteiger partial charge in [-0.3, -0.25) is 9.48 Å². The van der Waals surface area contributed by atoms with Gasteiger partial charge < -0.3 is 4.74 Å². The van der Waals surface area contributed by atoms with Gasteiger partial charge >= 0.3 is 0 Å². The lowest BCUT2D eigenvalue weighted by atomic mass is 9.97. The fourth-order valence-corrected chi connectivity index (χ4v) is 2.06. The molecule has 0 aromatic carbocycles. The molecule has 2 unspecified atom stereocenters. The van der Waals surface area contributed by atoms with E-state index in [1.54, 1.807) is 6.20 Å². The molecule has 4 nitrogen and oxygen atoms in total. The first-order valence-corrected chi connectivity index (χ1v) is 5.84. The SMILES string of the molecule is CCn1cc(CC(=O)C2COC(C)C2)cn1. The van der Waals surface area contributed by atoms with E-state index in [1.165, 1.54) is 0 Å². The third kappa shape index (κ3) is 2.50. The Morgan fingerprint density at radius 3 is 3.06 bits per heavy atom. The number of ketones is 1.